The summed E-state index contributed by atoms with van der Waals surface area (Å²) < 4.78 is 5.21. The summed E-state index contributed by atoms with van der Waals surface area (Å²) in [7, 11) is 0. The van der Waals surface area contributed by atoms with E-state index in [9.17, 15) is 9.59 Å². The maximum Gasteiger partial charge on any atom is 0.305 e. The number of hydrogen-bond acceptors (Lipinski definition) is 3. The second kappa shape index (κ2) is 4.45. The molecule has 0 aliphatic carbocycles. The van der Waals surface area contributed by atoms with Crippen molar-refractivity contribution in [1.29, 1.82) is 0 Å². The van der Waals surface area contributed by atoms with Gasteiger partial charge in [0.1, 0.15) is 11.5 Å². The predicted molar refractivity (Wildman–Crippen MR) is 47.6 cm³/mol. The lowest BCUT2D eigenvalue weighted by molar-refractivity contribution is -0.137. The Hall–Kier alpha value is -1.78. The molecule has 1 aromatic heterocycles. The van der Waals surface area contributed by atoms with Gasteiger partial charge in [-0.25, -0.2) is 0 Å². The molecule has 0 bridgehead atoms. The molecule has 0 saturated carbocycles. The average molecular weight is 197 g/mol. The summed E-state index contributed by atoms with van der Waals surface area (Å²) in [5.74, 6) is 0.151. The predicted octanol–water partition coefficient (Wildman–Crippen LogP) is 0.850. The fourth-order valence-electron chi connectivity index (χ4n) is 1.14. The largest absolute Gasteiger partial charge is 0.481 e. The molecular weight excluding hydrogens is 186 g/mol. The minimum Gasteiger partial charge on any atom is -0.481 e. The first kappa shape index (κ1) is 10.3. The van der Waals surface area contributed by atoms with Crippen molar-refractivity contribution in [3.8, 4) is 0 Å². The molecule has 0 radical (unpaired) electrons. The normalized spacial score (nSPS) is 12.1. The first-order chi connectivity index (χ1) is 6.63. The molecule has 14 heavy (non-hydrogen) atoms. The lowest BCUT2D eigenvalue weighted by atomic mass is 10.1. The number of carbonyl (C=O) groups is 2. The van der Waals surface area contributed by atoms with Gasteiger partial charge >= 0.3 is 5.97 Å². The standard InChI is InChI=1S/C9H11NO4/c1-6-2-3-8(14-6)7(10-5-11)4-9(12)13/h2-3,5,7H,4H2,1H3,(H,10,11)(H,12,13)/t7-/m0/s1. The van der Waals surface area contributed by atoms with E-state index in [0.29, 0.717) is 17.9 Å². The van der Waals surface area contributed by atoms with Crippen LogP contribution in [-0.2, 0) is 9.59 Å². The van der Waals surface area contributed by atoms with Gasteiger partial charge in [0.15, 0.2) is 0 Å². The van der Waals surface area contributed by atoms with Crippen LogP contribution in [0, 0.1) is 6.92 Å². The summed E-state index contributed by atoms with van der Waals surface area (Å²) in [5.41, 5.74) is 0. The van der Waals surface area contributed by atoms with Crippen LogP contribution in [0.25, 0.3) is 0 Å². The number of aryl methyl sites for hydroxylation is 1. The number of rotatable bonds is 5. The molecule has 1 atom stereocenters. The van der Waals surface area contributed by atoms with Crippen LogP contribution in [0.3, 0.4) is 0 Å². The Kier molecular flexibility index (Phi) is 3.28. The number of nitrogens with one attached hydrogen (secondary N) is 1. The summed E-state index contributed by atoms with van der Waals surface area (Å²) in [6.45, 7) is 1.75. The van der Waals surface area contributed by atoms with E-state index in [1.807, 2.05) is 0 Å². The minimum absolute atomic E-state index is 0.189. The summed E-state index contributed by atoms with van der Waals surface area (Å²) in [6, 6.07) is 2.77. The van der Waals surface area contributed by atoms with Crippen LogP contribution >= 0.6 is 0 Å². The molecule has 0 aliphatic rings. The molecule has 1 amide bonds. The molecule has 1 heterocycles. The Bertz CT molecular complexity index is 331. The van der Waals surface area contributed by atoms with Gasteiger partial charge < -0.3 is 14.8 Å². The van der Waals surface area contributed by atoms with Crippen LogP contribution in [0.5, 0.6) is 0 Å². The van der Waals surface area contributed by atoms with E-state index < -0.39 is 12.0 Å². The van der Waals surface area contributed by atoms with Gasteiger partial charge in [0.2, 0.25) is 6.41 Å². The first-order valence-electron chi connectivity index (χ1n) is 4.11. The number of furan rings is 1. The quantitative estimate of drug-likeness (QED) is 0.686. The smallest absolute Gasteiger partial charge is 0.305 e. The summed E-state index contributed by atoms with van der Waals surface area (Å²) in [4.78, 5) is 20.7. The van der Waals surface area contributed by atoms with Crippen LogP contribution in [0.1, 0.15) is 24.0 Å². The molecule has 0 aliphatic heterocycles. The third-order valence-corrected chi connectivity index (χ3v) is 1.75. The molecule has 5 nitrogen and oxygen atoms in total. The second-order valence-electron chi connectivity index (χ2n) is 2.88. The molecule has 0 unspecified atom stereocenters. The van der Waals surface area contributed by atoms with Crippen molar-refractivity contribution in [3.63, 3.8) is 0 Å². The number of carboxylic acids is 1. The molecule has 0 spiro atoms. The summed E-state index contributed by atoms with van der Waals surface area (Å²) in [5, 5.41) is 11.0. The number of carbonyl (C=O) groups excluding carboxylic acids is 1. The van der Waals surface area contributed by atoms with Crippen LogP contribution in [-0.4, -0.2) is 17.5 Å². The zero-order chi connectivity index (χ0) is 10.6. The Morgan fingerprint density at radius 3 is 2.86 bits per heavy atom. The number of amides is 1. The number of carboxylic acid groups (broad SMARTS) is 1. The van der Waals surface area contributed by atoms with E-state index in [1.54, 1.807) is 19.1 Å². The van der Waals surface area contributed by atoms with Gasteiger partial charge in [-0.2, -0.15) is 0 Å². The Balaban J connectivity index is 2.76. The lowest BCUT2D eigenvalue weighted by Gasteiger charge is -2.10. The van der Waals surface area contributed by atoms with E-state index in [0.717, 1.165) is 0 Å². The first-order valence-corrected chi connectivity index (χ1v) is 4.11. The van der Waals surface area contributed by atoms with Gasteiger partial charge in [0.25, 0.3) is 0 Å². The van der Waals surface area contributed by atoms with Gasteiger partial charge in [-0.1, -0.05) is 0 Å². The molecule has 0 saturated heterocycles. The van der Waals surface area contributed by atoms with Gasteiger partial charge in [0.05, 0.1) is 12.5 Å². The highest BCUT2D eigenvalue weighted by molar-refractivity contribution is 5.68. The molecule has 5 heteroatoms. The Labute approximate surface area is 80.7 Å². The van der Waals surface area contributed by atoms with Crippen LogP contribution in [0.4, 0.5) is 0 Å². The average Bonchev–Trinajstić information content (AvgIpc) is 2.50. The van der Waals surface area contributed by atoms with Crippen molar-refractivity contribution in [3.05, 3.63) is 23.7 Å². The van der Waals surface area contributed by atoms with E-state index in [1.165, 1.54) is 0 Å². The van der Waals surface area contributed by atoms with E-state index >= 15 is 0 Å². The van der Waals surface area contributed by atoms with Crippen molar-refractivity contribution in [2.45, 2.75) is 19.4 Å². The Morgan fingerprint density at radius 1 is 1.71 bits per heavy atom. The molecular formula is C9H11NO4. The zero-order valence-electron chi connectivity index (χ0n) is 7.69. The maximum absolute atomic E-state index is 10.5. The topological polar surface area (TPSA) is 79.5 Å². The highest BCUT2D eigenvalue weighted by Gasteiger charge is 2.17. The number of aliphatic carboxylic acids is 1. The van der Waals surface area contributed by atoms with Gasteiger partial charge in [-0.05, 0) is 19.1 Å². The van der Waals surface area contributed by atoms with Crippen molar-refractivity contribution < 1.29 is 19.1 Å². The van der Waals surface area contributed by atoms with E-state index in [2.05, 4.69) is 5.32 Å². The van der Waals surface area contributed by atoms with Crippen molar-refractivity contribution >= 4 is 12.4 Å². The third kappa shape index (κ3) is 2.62. The third-order valence-electron chi connectivity index (χ3n) is 1.75. The van der Waals surface area contributed by atoms with Gasteiger partial charge in [0, 0.05) is 0 Å². The molecule has 1 rings (SSSR count). The van der Waals surface area contributed by atoms with Crippen molar-refractivity contribution in [2.24, 2.45) is 0 Å². The SMILES string of the molecule is Cc1ccc([C@H](CC(=O)O)NC=O)o1. The molecule has 0 fully saturated rings. The van der Waals surface area contributed by atoms with Crippen molar-refractivity contribution in [1.82, 2.24) is 5.32 Å². The van der Waals surface area contributed by atoms with Crippen LogP contribution < -0.4 is 5.32 Å². The molecule has 2 N–H and O–H groups in total. The van der Waals surface area contributed by atoms with E-state index in [4.69, 9.17) is 9.52 Å². The van der Waals surface area contributed by atoms with Crippen LogP contribution in [0.2, 0.25) is 0 Å². The summed E-state index contributed by atoms with van der Waals surface area (Å²) in [6.07, 6.45) is 0.275. The maximum atomic E-state index is 10.5. The minimum atomic E-state index is -0.988. The van der Waals surface area contributed by atoms with Gasteiger partial charge in [-0.15, -0.1) is 0 Å². The highest BCUT2D eigenvalue weighted by atomic mass is 16.4. The highest BCUT2D eigenvalue weighted by Crippen LogP contribution is 2.18. The summed E-state index contributed by atoms with van der Waals surface area (Å²) >= 11 is 0. The number of hydrogen-bond donors (Lipinski definition) is 2. The lowest BCUT2D eigenvalue weighted by Crippen LogP contribution is -2.21. The fourth-order valence-corrected chi connectivity index (χ4v) is 1.14. The van der Waals surface area contributed by atoms with Gasteiger partial charge in [-0.3, -0.25) is 9.59 Å². The Morgan fingerprint density at radius 2 is 2.43 bits per heavy atom. The fraction of sp³-hybridized carbons (Fsp3) is 0.333. The van der Waals surface area contributed by atoms with Crippen molar-refractivity contribution in [2.75, 3.05) is 0 Å². The van der Waals surface area contributed by atoms with E-state index in [-0.39, 0.29) is 6.42 Å². The zero-order valence-corrected chi connectivity index (χ0v) is 7.69. The van der Waals surface area contributed by atoms with Crippen LogP contribution in [0.15, 0.2) is 16.5 Å². The second-order valence-corrected chi connectivity index (χ2v) is 2.88. The molecule has 0 aromatic carbocycles. The monoisotopic (exact) mass is 197 g/mol. The molecule has 1 aromatic rings. The molecule has 76 valence electrons.